The van der Waals surface area contributed by atoms with Crippen LogP contribution in [0.1, 0.15) is 0 Å². The molecule has 0 bridgehead atoms. The molecule has 0 radical (unpaired) electrons. The van der Waals surface area contributed by atoms with Crippen LogP contribution in [0.3, 0.4) is 0 Å². The van der Waals surface area contributed by atoms with Crippen molar-refractivity contribution in [1.82, 2.24) is 24.7 Å². The van der Waals surface area contributed by atoms with E-state index in [-0.39, 0.29) is 5.56 Å². The fraction of sp³-hybridized carbons (Fsp3) is 0.0769. The number of nitrogens with zero attached hydrogens (tertiary/aromatic N) is 4. The Balaban J connectivity index is 1.97. The molecule has 4 aromatic rings. The van der Waals surface area contributed by atoms with E-state index >= 15 is 0 Å². The molecule has 0 aliphatic carbocycles. The summed E-state index contributed by atoms with van der Waals surface area (Å²) in [6, 6.07) is 5.66. The van der Waals surface area contributed by atoms with Crippen LogP contribution in [0.25, 0.3) is 32.6 Å². The van der Waals surface area contributed by atoms with Crippen molar-refractivity contribution < 1.29 is 0 Å². The Bertz CT molecular complexity index is 1050. The molecule has 0 atom stereocenters. The molecule has 104 valence electrons. The van der Waals surface area contributed by atoms with Gasteiger partial charge in [0.2, 0.25) is 0 Å². The van der Waals surface area contributed by atoms with E-state index < -0.39 is 0 Å². The Kier molecular flexibility index (Phi) is 2.69. The second-order valence-corrected chi connectivity index (χ2v) is 6.87. The predicted molar refractivity (Wildman–Crippen MR) is 85.4 cm³/mol. The van der Waals surface area contributed by atoms with Gasteiger partial charge in [-0.05, 0) is 28.1 Å². The zero-order chi connectivity index (χ0) is 14.6. The first-order valence-electron chi connectivity index (χ1n) is 6.10. The molecule has 8 heteroatoms. The molecule has 0 saturated heterocycles. The summed E-state index contributed by atoms with van der Waals surface area (Å²) in [4.78, 5) is 24.3. The second-order valence-electron chi connectivity index (χ2n) is 4.61. The third-order valence-electron chi connectivity index (χ3n) is 3.14. The van der Waals surface area contributed by atoms with Crippen molar-refractivity contribution in [2.45, 2.75) is 0 Å². The number of aromatic amines is 1. The number of rotatable bonds is 1. The van der Waals surface area contributed by atoms with Gasteiger partial charge < -0.3 is 4.98 Å². The molecule has 0 fully saturated rings. The van der Waals surface area contributed by atoms with Crippen molar-refractivity contribution in [3.63, 3.8) is 0 Å². The number of H-pyrrole nitrogens is 1. The maximum Gasteiger partial charge on any atom is 0.276 e. The van der Waals surface area contributed by atoms with E-state index in [4.69, 9.17) is 0 Å². The predicted octanol–water partition coefficient (Wildman–Crippen LogP) is 2.70. The molecule has 0 aliphatic heterocycles. The molecule has 0 aliphatic rings. The molecule has 21 heavy (non-hydrogen) atoms. The van der Waals surface area contributed by atoms with Gasteiger partial charge in [0.15, 0.2) is 14.4 Å². The highest BCUT2D eigenvalue weighted by molar-refractivity contribution is 9.11. The summed E-state index contributed by atoms with van der Waals surface area (Å²) in [7, 11) is 1.87. The number of aryl methyl sites for hydroxylation is 1. The van der Waals surface area contributed by atoms with Crippen molar-refractivity contribution in [2.24, 2.45) is 7.05 Å². The van der Waals surface area contributed by atoms with Crippen LogP contribution in [-0.4, -0.2) is 24.7 Å². The van der Waals surface area contributed by atoms with Gasteiger partial charge in [-0.15, -0.1) is 0 Å². The standard InChI is InChI=1S/C13H8BrN5OS/c1-19-5-7-4-6(2-3-8(7)18-19)9-11(20)16-10-12(15-9)21-13(14)17-10/h2-5H,1H3,(H,16,20). The van der Waals surface area contributed by atoms with E-state index in [9.17, 15) is 4.79 Å². The Morgan fingerprint density at radius 2 is 2.19 bits per heavy atom. The smallest absolute Gasteiger partial charge is 0.276 e. The zero-order valence-corrected chi connectivity index (χ0v) is 13.2. The summed E-state index contributed by atoms with van der Waals surface area (Å²) in [5.41, 5.74) is 2.30. The molecule has 0 amide bonds. The highest BCUT2D eigenvalue weighted by Crippen LogP contribution is 2.25. The average molecular weight is 362 g/mol. The topological polar surface area (TPSA) is 76.5 Å². The summed E-state index contributed by atoms with van der Waals surface area (Å²) in [5.74, 6) is 0. The summed E-state index contributed by atoms with van der Waals surface area (Å²) >= 11 is 4.68. The molecule has 0 spiro atoms. The third-order valence-corrected chi connectivity index (χ3v) is 4.54. The Labute approximate surface area is 130 Å². The van der Waals surface area contributed by atoms with Gasteiger partial charge in [0, 0.05) is 24.2 Å². The largest absolute Gasteiger partial charge is 0.303 e. The minimum atomic E-state index is -0.247. The van der Waals surface area contributed by atoms with Crippen molar-refractivity contribution in [1.29, 1.82) is 0 Å². The number of fused-ring (bicyclic) bond motifs is 2. The van der Waals surface area contributed by atoms with Crippen LogP contribution in [0, 0.1) is 0 Å². The highest BCUT2D eigenvalue weighted by Gasteiger charge is 2.12. The number of hydrogen-bond acceptors (Lipinski definition) is 5. The van der Waals surface area contributed by atoms with Gasteiger partial charge in [-0.2, -0.15) is 5.10 Å². The normalized spacial score (nSPS) is 11.5. The van der Waals surface area contributed by atoms with Crippen molar-refractivity contribution in [3.05, 3.63) is 38.7 Å². The van der Waals surface area contributed by atoms with Gasteiger partial charge in [0.25, 0.3) is 5.56 Å². The molecular weight excluding hydrogens is 354 g/mol. The molecule has 0 unspecified atom stereocenters. The van der Waals surface area contributed by atoms with E-state index in [0.29, 0.717) is 20.1 Å². The number of aromatic nitrogens is 5. The van der Waals surface area contributed by atoms with Crippen LogP contribution < -0.4 is 5.56 Å². The number of thiazole rings is 1. The van der Waals surface area contributed by atoms with Crippen molar-refractivity contribution in [3.8, 4) is 11.3 Å². The summed E-state index contributed by atoms with van der Waals surface area (Å²) < 4.78 is 2.44. The Morgan fingerprint density at radius 1 is 1.33 bits per heavy atom. The first-order valence-corrected chi connectivity index (χ1v) is 7.71. The van der Waals surface area contributed by atoms with Crippen LogP contribution in [0.4, 0.5) is 0 Å². The first-order chi connectivity index (χ1) is 10.1. The van der Waals surface area contributed by atoms with E-state index in [1.165, 1.54) is 11.3 Å². The maximum absolute atomic E-state index is 12.2. The lowest BCUT2D eigenvalue weighted by Gasteiger charge is -1.99. The minimum Gasteiger partial charge on any atom is -0.303 e. The quantitative estimate of drug-likeness (QED) is 0.565. The number of nitrogens with one attached hydrogen (secondary N) is 1. The van der Waals surface area contributed by atoms with Crippen LogP contribution in [0.2, 0.25) is 0 Å². The van der Waals surface area contributed by atoms with Crippen LogP contribution >= 0.6 is 27.3 Å². The van der Waals surface area contributed by atoms with Gasteiger partial charge in [0.05, 0.1) is 5.52 Å². The Morgan fingerprint density at radius 3 is 3.05 bits per heavy atom. The third kappa shape index (κ3) is 2.07. The fourth-order valence-electron chi connectivity index (χ4n) is 2.25. The van der Waals surface area contributed by atoms with Crippen LogP contribution in [0.5, 0.6) is 0 Å². The van der Waals surface area contributed by atoms with Crippen LogP contribution in [-0.2, 0) is 7.05 Å². The maximum atomic E-state index is 12.2. The molecule has 6 nitrogen and oxygen atoms in total. The Hall–Kier alpha value is -2.06. The lowest BCUT2D eigenvalue weighted by molar-refractivity contribution is 0.780. The van der Waals surface area contributed by atoms with Gasteiger partial charge >= 0.3 is 0 Å². The number of benzene rings is 1. The van der Waals surface area contributed by atoms with E-state index in [2.05, 4.69) is 36.0 Å². The van der Waals surface area contributed by atoms with Crippen molar-refractivity contribution >= 4 is 48.6 Å². The summed E-state index contributed by atoms with van der Waals surface area (Å²) in [6.07, 6.45) is 1.91. The molecule has 3 heterocycles. The first kappa shape index (κ1) is 12.7. The van der Waals surface area contributed by atoms with E-state index in [1.54, 1.807) is 4.68 Å². The number of hydrogen-bond donors (Lipinski definition) is 1. The average Bonchev–Trinajstić information content (AvgIpc) is 2.97. The molecular formula is C13H8BrN5OS. The van der Waals surface area contributed by atoms with Crippen molar-refractivity contribution in [2.75, 3.05) is 0 Å². The SMILES string of the molecule is Cn1cc2cc(-c3nc4sc(Br)nc4[nH]c3=O)ccc2n1. The fourth-order valence-corrected chi connectivity index (χ4v) is 3.52. The van der Waals surface area contributed by atoms with Gasteiger partial charge in [-0.1, -0.05) is 17.4 Å². The zero-order valence-electron chi connectivity index (χ0n) is 10.8. The lowest BCUT2D eigenvalue weighted by atomic mass is 10.1. The molecule has 4 rings (SSSR count). The summed E-state index contributed by atoms with van der Waals surface area (Å²) in [5, 5.41) is 5.29. The molecule has 1 aromatic carbocycles. The lowest BCUT2D eigenvalue weighted by Crippen LogP contribution is -2.10. The second kappa shape index (κ2) is 4.47. The highest BCUT2D eigenvalue weighted by atomic mass is 79.9. The summed E-state index contributed by atoms with van der Waals surface area (Å²) in [6.45, 7) is 0. The molecule has 1 N–H and O–H groups in total. The van der Waals surface area contributed by atoms with Crippen LogP contribution in [0.15, 0.2) is 33.1 Å². The number of halogens is 1. The van der Waals surface area contributed by atoms with Gasteiger partial charge in [-0.25, -0.2) is 9.97 Å². The molecule has 0 saturated carbocycles. The van der Waals surface area contributed by atoms with E-state index in [1.807, 2.05) is 31.4 Å². The van der Waals surface area contributed by atoms with E-state index in [0.717, 1.165) is 16.5 Å². The monoisotopic (exact) mass is 361 g/mol. The van der Waals surface area contributed by atoms with Gasteiger partial charge in [0.1, 0.15) is 5.69 Å². The van der Waals surface area contributed by atoms with Gasteiger partial charge in [-0.3, -0.25) is 9.48 Å². The molecule has 3 aromatic heterocycles. The minimum absolute atomic E-state index is 0.247.